The molecule has 1 aliphatic rings. The molecule has 0 atom stereocenters. The Balaban J connectivity index is 1.87. The summed E-state index contributed by atoms with van der Waals surface area (Å²) >= 11 is 1.49. The van der Waals surface area contributed by atoms with Gasteiger partial charge in [0.15, 0.2) is 0 Å². The van der Waals surface area contributed by atoms with E-state index < -0.39 is 0 Å². The van der Waals surface area contributed by atoms with Crippen LogP contribution in [0.3, 0.4) is 0 Å². The number of aromatic nitrogens is 4. The van der Waals surface area contributed by atoms with Crippen molar-refractivity contribution in [2.24, 2.45) is 0 Å². The van der Waals surface area contributed by atoms with Crippen molar-refractivity contribution < 1.29 is 4.79 Å². The maximum Gasteiger partial charge on any atom is 0.253 e. The van der Waals surface area contributed by atoms with E-state index in [2.05, 4.69) is 21.6 Å². The average molecular weight is 331 g/mol. The molecule has 3 rings (SSSR count). The van der Waals surface area contributed by atoms with E-state index in [0.717, 1.165) is 42.9 Å². The highest BCUT2D eigenvalue weighted by Crippen LogP contribution is 2.19. The van der Waals surface area contributed by atoms with Crippen molar-refractivity contribution in [3.8, 4) is 0 Å². The first kappa shape index (κ1) is 16.0. The summed E-state index contributed by atoms with van der Waals surface area (Å²) in [6.07, 6.45) is 4.11. The van der Waals surface area contributed by atoms with E-state index in [0.29, 0.717) is 17.4 Å². The minimum atomic E-state index is 0.148. The Kier molecular flexibility index (Phi) is 4.39. The lowest BCUT2D eigenvalue weighted by atomic mass is 10.0. The Hall–Kier alpha value is -1.89. The number of carbonyl (C=O) groups excluding carboxylic acids is 1. The first-order chi connectivity index (χ1) is 11.0. The zero-order valence-electron chi connectivity index (χ0n) is 13.8. The third-order valence-corrected chi connectivity index (χ3v) is 4.90. The number of aryl methyl sites for hydroxylation is 2. The van der Waals surface area contributed by atoms with Crippen LogP contribution in [0.25, 0.3) is 5.78 Å². The van der Waals surface area contributed by atoms with E-state index in [1.165, 1.54) is 17.3 Å². The predicted molar refractivity (Wildman–Crippen MR) is 90.7 cm³/mol. The minimum Gasteiger partial charge on any atom is -0.342 e. The number of fused-ring (bicyclic) bond motifs is 1. The molecule has 0 unspecified atom stereocenters. The molecule has 0 aromatic carbocycles. The van der Waals surface area contributed by atoms with Gasteiger partial charge >= 0.3 is 0 Å². The quantitative estimate of drug-likeness (QED) is 0.637. The van der Waals surface area contributed by atoms with Crippen LogP contribution in [-0.2, 0) is 11.2 Å². The first-order valence-electron chi connectivity index (χ1n) is 7.71. The molecule has 0 saturated carbocycles. The lowest BCUT2D eigenvalue weighted by molar-refractivity contribution is -0.130. The van der Waals surface area contributed by atoms with Gasteiger partial charge in [-0.05, 0) is 32.9 Å². The van der Waals surface area contributed by atoms with Crippen molar-refractivity contribution in [3.05, 3.63) is 29.1 Å². The van der Waals surface area contributed by atoms with Gasteiger partial charge in [0.25, 0.3) is 5.78 Å². The molecule has 2 aromatic rings. The molecule has 2 aromatic heterocycles. The van der Waals surface area contributed by atoms with E-state index in [1.807, 2.05) is 25.0 Å². The standard InChI is InChI=1S/C16H21N5OS/c1-10-5-7-20(8-6-10)14(22)9-13-11(2)17-15-18-16(23-4)19-21(15)12(13)3/h1,5-9H2,2-4H3. The van der Waals surface area contributed by atoms with Crippen molar-refractivity contribution in [2.75, 3.05) is 19.3 Å². The fourth-order valence-corrected chi connectivity index (χ4v) is 3.20. The molecule has 0 spiro atoms. The minimum absolute atomic E-state index is 0.148. The van der Waals surface area contributed by atoms with Gasteiger partial charge in [-0.2, -0.15) is 4.98 Å². The molecule has 6 nitrogen and oxygen atoms in total. The number of likely N-dealkylation sites (tertiary alicyclic amines) is 1. The van der Waals surface area contributed by atoms with E-state index in [-0.39, 0.29) is 5.91 Å². The SMILES string of the molecule is C=C1CCN(C(=O)Cc2c(C)nc3nc(SC)nn3c2C)CC1. The highest BCUT2D eigenvalue weighted by molar-refractivity contribution is 7.98. The first-order valence-corrected chi connectivity index (χ1v) is 8.93. The second-order valence-electron chi connectivity index (χ2n) is 5.88. The van der Waals surface area contributed by atoms with Crippen LogP contribution in [0.4, 0.5) is 0 Å². The van der Waals surface area contributed by atoms with Gasteiger partial charge in [0.2, 0.25) is 11.1 Å². The number of hydrogen-bond donors (Lipinski definition) is 0. The Morgan fingerprint density at radius 2 is 1.96 bits per heavy atom. The molecule has 1 fully saturated rings. The van der Waals surface area contributed by atoms with Gasteiger partial charge in [0.05, 0.1) is 6.42 Å². The molecule has 23 heavy (non-hydrogen) atoms. The van der Waals surface area contributed by atoms with Crippen molar-refractivity contribution in [2.45, 2.75) is 38.3 Å². The molecule has 0 N–H and O–H groups in total. The van der Waals surface area contributed by atoms with E-state index in [9.17, 15) is 4.79 Å². The summed E-state index contributed by atoms with van der Waals surface area (Å²) in [5.74, 6) is 0.741. The molecule has 0 aliphatic carbocycles. The largest absolute Gasteiger partial charge is 0.342 e. The lowest BCUT2D eigenvalue weighted by Crippen LogP contribution is -2.37. The monoisotopic (exact) mass is 331 g/mol. The van der Waals surface area contributed by atoms with Crippen molar-refractivity contribution in [1.29, 1.82) is 0 Å². The number of thioether (sulfide) groups is 1. The number of rotatable bonds is 3. The summed E-state index contributed by atoms with van der Waals surface area (Å²) in [6.45, 7) is 9.44. The molecule has 0 radical (unpaired) electrons. The number of hydrogen-bond acceptors (Lipinski definition) is 5. The second kappa shape index (κ2) is 6.31. The molecular formula is C16H21N5OS. The third-order valence-electron chi connectivity index (χ3n) is 4.36. The molecule has 1 saturated heterocycles. The summed E-state index contributed by atoms with van der Waals surface area (Å²) in [4.78, 5) is 23.4. The fourth-order valence-electron chi connectivity index (χ4n) is 2.87. The van der Waals surface area contributed by atoms with Gasteiger partial charge in [-0.3, -0.25) is 4.79 Å². The molecule has 3 heterocycles. The van der Waals surface area contributed by atoms with Crippen LogP contribution in [0, 0.1) is 13.8 Å². The number of piperidine rings is 1. The Morgan fingerprint density at radius 1 is 1.26 bits per heavy atom. The fraction of sp³-hybridized carbons (Fsp3) is 0.500. The van der Waals surface area contributed by atoms with Gasteiger partial charge in [-0.1, -0.05) is 23.9 Å². The summed E-state index contributed by atoms with van der Waals surface area (Å²) in [6, 6.07) is 0. The number of amides is 1. The zero-order chi connectivity index (χ0) is 16.6. The van der Waals surface area contributed by atoms with Crippen molar-refractivity contribution in [1.82, 2.24) is 24.5 Å². The van der Waals surface area contributed by atoms with Crippen LogP contribution < -0.4 is 0 Å². The summed E-state index contributed by atoms with van der Waals surface area (Å²) in [5, 5.41) is 5.12. The molecule has 7 heteroatoms. The molecule has 1 aliphatic heterocycles. The number of carbonyl (C=O) groups is 1. The van der Waals surface area contributed by atoms with E-state index >= 15 is 0 Å². The molecule has 1 amide bonds. The maximum absolute atomic E-state index is 12.6. The Bertz CT molecular complexity index is 772. The van der Waals surface area contributed by atoms with Crippen LogP contribution in [0.15, 0.2) is 17.3 Å². The highest BCUT2D eigenvalue weighted by atomic mass is 32.2. The smallest absolute Gasteiger partial charge is 0.253 e. The van der Waals surface area contributed by atoms with Crippen molar-refractivity contribution in [3.63, 3.8) is 0 Å². The number of nitrogens with zero attached hydrogens (tertiary/aromatic N) is 5. The van der Waals surface area contributed by atoms with Crippen LogP contribution in [0.1, 0.15) is 29.8 Å². The average Bonchev–Trinajstić information content (AvgIpc) is 2.95. The van der Waals surface area contributed by atoms with Crippen LogP contribution in [0.2, 0.25) is 0 Å². The summed E-state index contributed by atoms with van der Waals surface area (Å²) in [7, 11) is 0. The normalized spacial score (nSPS) is 15.4. The van der Waals surface area contributed by atoms with Gasteiger partial charge in [0, 0.05) is 30.0 Å². The van der Waals surface area contributed by atoms with Gasteiger partial charge < -0.3 is 4.90 Å². The topological polar surface area (TPSA) is 63.4 Å². The lowest BCUT2D eigenvalue weighted by Gasteiger charge is -2.28. The van der Waals surface area contributed by atoms with Crippen LogP contribution >= 0.6 is 11.8 Å². The molecular weight excluding hydrogens is 310 g/mol. The van der Waals surface area contributed by atoms with Crippen LogP contribution in [-0.4, -0.2) is 49.7 Å². The summed E-state index contributed by atoms with van der Waals surface area (Å²) in [5.41, 5.74) is 3.97. The second-order valence-corrected chi connectivity index (χ2v) is 6.65. The van der Waals surface area contributed by atoms with Gasteiger partial charge in [0.1, 0.15) is 0 Å². The third kappa shape index (κ3) is 3.10. The molecule has 0 bridgehead atoms. The summed E-state index contributed by atoms with van der Waals surface area (Å²) < 4.78 is 1.74. The molecule has 122 valence electrons. The van der Waals surface area contributed by atoms with E-state index in [1.54, 1.807) is 4.52 Å². The van der Waals surface area contributed by atoms with Crippen LogP contribution in [0.5, 0.6) is 0 Å². The van der Waals surface area contributed by atoms with Gasteiger partial charge in [-0.15, -0.1) is 5.10 Å². The van der Waals surface area contributed by atoms with Crippen molar-refractivity contribution >= 4 is 23.4 Å². The predicted octanol–water partition coefficient (Wildman–Crippen LogP) is 2.18. The Morgan fingerprint density at radius 3 is 2.61 bits per heavy atom. The highest BCUT2D eigenvalue weighted by Gasteiger charge is 2.21. The van der Waals surface area contributed by atoms with E-state index in [4.69, 9.17) is 0 Å². The van der Waals surface area contributed by atoms with Gasteiger partial charge in [-0.25, -0.2) is 9.50 Å². The Labute approximate surface area is 140 Å². The maximum atomic E-state index is 12.6. The zero-order valence-corrected chi connectivity index (χ0v) is 14.6.